The molecule has 1 aliphatic rings. The number of benzene rings is 1. The second-order valence-corrected chi connectivity index (χ2v) is 6.82. The van der Waals surface area contributed by atoms with Gasteiger partial charge in [0.1, 0.15) is 11.0 Å². The molecule has 0 atom stereocenters. The molecule has 1 aromatic carbocycles. The molecule has 25 heavy (non-hydrogen) atoms. The average Bonchev–Trinajstić information content (AvgIpc) is 2.64. The van der Waals surface area contributed by atoms with Gasteiger partial charge in [-0.05, 0) is 36.2 Å². The van der Waals surface area contributed by atoms with Crippen molar-refractivity contribution in [1.82, 2.24) is 15.6 Å². The van der Waals surface area contributed by atoms with E-state index in [1.807, 2.05) is 36.4 Å². The zero-order valence-electron chi connectivity index (χ0n) is 14.1. The summed E-state index contributed by atoms with van der Waals surface area (Å²) in [4.78, 5) is 6.78. The second kappa shape index (κ2) is 8.56. The Morgan fingerprint density at radius 3 is 2.52 bits per heavy atom. The zero-order valence-corrected chi connectivity index (χ0v) is 15.6. The number of piperazine rings is 1. The first kappa shape index (κ1) is 18.1. The van der Waals surface area contributed by atoms with Crippen molar-refractivity contribution in [1.29, 1.82) is 0 Å². The number of rotatable bonds is 6. The fourth-order valence-electron chi connectivity index (χ4n) is 2.82. The monoisotopic (exact) mass is 376 g/mol. The highest BCUT2D eigenvalue weighted by atomic mass is 35.5. The van der Waals surface area contributed by atoms with E-state index in [1.54, 1.807) is 0 Å². The van der Waals surface area contributed by atoms with E-state index >= 15 is 0 Å². The maximum atomic E-state index is 6.39. The molecule has 1 saturated heterocycles. The van der Waals surface area contributed by atoms with Crippen molar-refractivity contribution in [3.05, 3.63) is 64.3 Å². The minimum absolute atomic E-state index is 0.486. The van der Waals surface area contributed by atoms with Crippen LogP contribution in [-0.2, 0) is 6.42 Å². The van der Waals surface area contributed by atoms with Crippen molar-refractivity contribution >= 4 is 34.7 Å². The molecule has 4 nitrogen and oxygen atoms in total. The summed E-state index contributed by atoms with van der Waals surface area (Å²) in [6, 6.07) is 11.9. The van der Waals surface area contributed by atoms with Gasteiger partial charge in [0.25, 0.3) is 0 Å². The molecule has 0 amide bonds. The topological polar surface area (TPSA) is 40.2 Å². The second-order valence-electron chi connectivity index (χ2n) is 6.03. The van der Waals surface area contributed by atoms with E-state index in [4.69, 9.17) is 23.2 Å². The summed E-state index contributed by atoms with van der Waals surface area (Å²) in [6.07, 6.45) is 0.889. The van der Waals surface area contributed by atoms with Crippen molar-refractivity contribution in [3.63, 3.8) is 0 Å². The van der Waals surface area contributed by atoms with Gasteiger partial charge in [0.2, 0.25) is 0 Å². The molecule has 2 N–H and O–H groups in total. The van der Waals surface area contributed by atoms with Crippen LogP contribution in [0.25, 0.3) is 5.70 Å². The first-order valence-corrected chi connectivity index (χ1v) is 9.19. The van der Waals surface area contributed by atoms with Gasteiger partial charge in [-0.3, -0.25) is 0 Å². The van der Waals surface area contributed by atoms with Crippen LogP contribution in [0.15, 0.2) is 43.0 Å². The Morgan fingerprint density at radius 1 is 1.12 bits per heavy atom. The van der Waals surface area contributed by atoms with Crippen LogP contribution < -0.4 is 15.5 Å². The molecule has 1 fully saturated rings. The fraction of sp³-hybridized carbons (Fsp3) is 0.316. The molecule has 2 aromatic rings. The molecule has 0 radical (unpaired) electrons. The predicted octanol–water partition coefficient (Wildman–Crippen LogP) is 3.60. The molecule has 132 valence electrons. The number of hydrogen-bond acceptors (Lipinski definition) is 4. The third-order valence-corrected chi connectivity index (χ3v) is 4.81. The maximum Gasteiger partial charge on any atom is 0.140 e. The molecule has 3 rings (SSSR count). The summed E-state index contributed by atoms with van der Waals surface area (Å²) in [5, 5.41) is 7.90. The molecule has 0 unspecified atom stereocenters. The lowest BCUT2D eigenvalue weighted by Gasteiger charge is -2.28. The van der Waals surface area contributed by atoms with E-state index in [0.29, 0.717) is 5.15 Å². The molecule has 0 aliphatic carbocycles. The van der Waals surface area contributed by atoms with Crippen LogP contribution >= 0.6 is 23.2 Å². The molecule has 1 aliphatic heterocycles. The lowest BCUT2D eigenvalue weighted by atomic mass is 10.1. The molecule has 2 heterocycles. The van der Waals surface area contributed by atoms with Crippen LogP contribution in [-0.4, -0.2) is 37.7 Å². The highest BCUT2D eigenvalue weighted by Crippen LogP contribution is 2.23. The molecule has 0 spiro atoms. The maximum absolute atomic E-state index is 6.39. The predicted molar refractivity (Wildman–Crippen MR) is 107 cm³/mol. The van der Waals surface area contributed by atoms with E-state index in [2.05, 4.69) is 27.1 Å². The third kappa shape index (κ3) is 4.88. The van der Waals surface area contributed by atoms with Gasteiger partial charge in [-0.1, -0.05) is 41.9 Å². The summed E-state index contributed by atoms with van der Waals surface area (Å²) in [5.41, 5.74) is 2.86. The Kier molecular flexibility index (Phi) is 6.19. The number of anilines is 1. The number of pyridine rings is 1. The van der Waals surface area contributed by atoms with Gasteiger partial charge in [-0.15, -0.1) is 0 Å². The summed E-state index contributed by atoms with van der Waals surface area (Å²) < 4.78 is 0. The van der Waals surface area contributed by atoms with Gasteiger partial charge < -0.3 is 15.5 Å². The van der Waals surface area contributed by atoms with Crippen LogP contribution in [0.2, 0.25) is 10.2 Å². The Hall–Kier alpha value is -1.75. The van der Waals surface area contributed by atoms with Crippen LogP contribution in [0.3, 0.4) is 0 Å². The van der Waals surface area contributed by atoms with E-state index in [-0.39, 0.29) is 0 Å². The minimum Gasteiger partial charge on any atom is -0.385 e. The van der Waals surface area contributed by atoms with Gasteiger partial charge in [0, 0.05) is 49.0 Å². The molecule has 0 bridgehead atoms. The summed E-state index contributed by atoms with van der Waals surface area (Å²) in [6.45, 7) is 8.71. The normalized spacial score (nSPS) is 14.4. The Bertz CT molecular complexity index is 725. The lowest BCUT2D eigenvalue weighted by Crippen LogP contribution is -2.43. The van der Waals surface area contributed by atoms with Crippen molar-refractivity contribution in [2.24, 2.45) is 0 Å². The third-order valence-electron chi connectivity index (χ3n) is 4.27. The summed E-state index contributed by atoms with van der Waals surface area (Å²) >= 11 is 12.3. The first-order valence-electron chi connectivity index (χ1n) is 8.43. The van der Waals surface area contributed by atoms with Crippen LogP contribution in [0.4, 0.5) is 5.82 Å². The molecule has 6 heteroatoms. The Morgan fingerprint density at radius 2 is 1.84 bits per heavy atom. The van der Waals surface area contributed by atoms with Gasteiger partial charge in [-0.25, -0.2) is 4.98 Å². The van der Waals surface area contributed by atoms with E-state index in [9.17, 15) is 0 Å². The largest absolute Gasteiger partial charge is 0.385 e. The van der Waals surface area contributed by atoms with Crippen LogP contribution in [0, 0.1) is 0 Å². The number of halogens is 2. The van der Waals surface area contributed by atoms with Crippen LogP contribution in [0.5, 0.6) is 0 Å². The standard InChI is InChI=1S/C19H22Cl2N4/c1-14(23-9-8-15-2-4-16(20)5-3-15)17-6-7-18(24-19(17)21)25-12-10-22-11-13-25/h2-7,22-23H,1,8-13H2. The molecular weight excluding hydrogens is 355 g/mol. The van der Waals surface area contributed by atoms with Gasteiger partial charge >= 0.3 is 0 Å². The van der Waals surface area contributed by atoms with Crippen molar-refractivity contribution < 1.29 is 0 Å². The Labute approximate surface area is 158 Å². The van der Waals surface area contributed by atoms with Crippen molar-refractivity contribution in [2.75, 3.05) is 37.6 Å². The number of nitrogens with one attached hydrogen (secondary N) is 2. The average molecular weight is 377 g/mol. The smallest absolute Gasteiger partial charge is 0.140 e. The quantitative estimate of drug-likeness (QED) is 0.755. The van der Waals surface area contributed by atoms with Crippen LogP contribution in [0.1, 0.15) is 11.1 Å². The highest BCUT2D eigenvalue weighted by molar-refractivity contribution is 6.31. The highest BCUT2D eigenvalue weighted by Gasteiger charge is 2.14. The van der Waals surface area contributed by atoms with Gasteiger partial charge in [0.15, 0.2) is 0 Å². The van der Waals surface area contributed by atoms with Crippen molar-refractivity contribution in [3.8, 4) is 0 Å². The molecule has 1 aromatic heterocycles. The molecular formula is C19H22Cl2N4. The first-order chi connectivity index (χ1) is 12.1. The minimum atomic E-state index is 0.486. The van der Waals surface area contributed by atoms with E-state index in [0.717, 1.165) is 61.2 Å². The molecule has 0 saturated carbocycles. The SMILES string of the molecule is C=C(NCCc1ccc(Cl)cc1)c1ccc(N2CCNCC2)nc1Cl. The number of nitrogens with zero attached hydrogens (tertiary/aromatic N) is 2. The zero-order chi connectivity index (χ0) is 17.6. The Balaban J connectivity index is 1.57. The number of hydrogen-bond donors (Lipinski definition) is 2. The summed E-state index contributed by atoms with van der Waals surface area (Å²) in [5.74, 6) is 0.921. The van der Waals surface area contributed by atoms with Gasteiger partial charge in [-0.2, -0.15) is 0 Å². The van der Waals surface area contributed by atoms with E-state index in [1.165, 1.54) is 5.56 Å². The fourth-order valence-corrected chi connectivity index (χ4v) is 3.21. The lowest BCUT2D eigenvalue weighted by molar-refractivity contribution is 0.585. The van der Waals surface area contributed by atoms with Crippen molar-refractivity contribution in [2.45, 2.75) is 6.42 Å². The van der Waals surface area contributed by atoms with Gasteiger partial charge in [0.05, 0.1) is 0 Å². The number of aromatic nitrogens is 1. The van der Waals surface area contributed by atoms with E-state index < -0.39 is 0 Å². The summed E-state index contributed by atoms with van der Waals surface area (Å²) in [7, 11) is 0.